The largest absolute Gasteiger partial charge is 0.304 e. The van der Waals surface area contributed by atoms with Crippen molar-refractivity contribution in [1.82, 2.24) is 5.32 Å². The summed E-state index contributed by atoms with van der Waals surface area (Å²) in [7, 11) is 0. The Labute approximate surface area is 132 Å². The van der Waals surface area contributed by atoms with Crippen molar-refractivity contribution in [2.45, 2.75) is 25.9 Å². The van der Waals surface area contributed by atoms with Gasteiger partial charge >= 0.3 is 0 Å². The molecule has 1 N–H and O–H groups in total. The summed E-state index contributed by atoms with van der Waals surface area (Å²) in [6.45, 7) is 3.83. The number of benzene rings is 2. The minimum Gasteiger partial charge on any atom is -0.304 e. The molecule has 21 heavy (non-hydrogen) atoms. The van der Waals surface area contributed by atoms with Crippen molar-refractivity contribution in [2.24, 2.45) is 0 Å². The number of hydrogen-bond acceptors (Lipinski definition) is 1. The molecule has 0 saturated carbocycles. The fourth-order valence-corrected chi connectivity index (χ4v) is 2.77. The highest BCUT2D eigenvalue weighted by Crippen LogP contribution is 2.28. The van der Waals surface area contributed by atoms with Crippen molar-refractivity contribution < 1.29 is 8.78 Å². The molecule has 2 aromatic carbocycles. The number of halogens is 4. The lowest BCUT2D eigenvalue weighted by atomic mass is 10.0. The molecule has 5 heteroatoms. The third-order valence-corrected chi connectivity index (χ3v) is 3.94. The van der Waals surface area contributed by atoms with Crippen molar-refractivity contribution in [3.05, 3.63) is 69.2 Å². The number of hydrogen-bond donors (Lipinski definition) is 1. The van der Waals surface area contributed by atoms with Crippen LogP contribution in [-0.2, 0) is 0 Å². The molecular formula is C16H15Cl2F2N. The van der Waals surface area contributed by atoms with Crippen LogP contribution in [0, 0.1) is 11.6 Å². The van der Waals surface area contributed by atoms with Crippen LogP contribution in [-0.4, -0.2) is 0 Å². The van der Waals surface area contributed by atoms with Gasteiger partial charge in [0.05, 0.1) is 0 Å². The maximum Gasteiger partial charge on any atom is 0.159 e. The lowest BCUT2D eigenvalue weighted by molar-refractivity contribution is 0.480. The lowest BCUT2D eigenvalue weighted by Crippen LogP contribution is -2.22. The second-order valence-electron chi connectivity index (χ2n) is 4.95. The average molecular weight is 330 g/mol. The number of rotatable bonds is 4. The summed E-state index contributed by atoms with van der Waals surface area (Å²) in [5.74, 6) is -1.70. The Kier molecular flexibility index (Phi) is 5.20. The molecule has 0 aromatic heterocycles. The molecule has 0 heterocycles. The molecule has 0 aliphatic heterocycles. The molecule has 0 aliphatic rings. The highest BCUT2D eigenvalue weighted by atomic mass is 35.5. The van der Waals surface area contributed by atoms with Gasteiger partial charge in [0, 0.05) is 22.1 Å². The maximum atomic E-state index is 13.3. The Balaban J connectivity index is 2.14. The van der Waals surface area contributed by atoms with Gasteiger partial charge in [-0.2, -0.15) is 0 Å². The second-order valence-corrected chi connectivity index (χ2v) is 5.79. The fraction of sp³-hybridized carbons (Fsp3) is 0.250. The van der Waals surface area contributed by atoms with Gasteiger partial charge in [-0.05, 0) is 49.2 Å². The van der Waals surface area contributed by atoms with Gasteiger partial charge in [0.1, 0.15) is 0 Å². The quantitative estimate of drug-likeness (QED) is 0.760. The van der Waals surface area contributed by atoms with E-state index in [0.717, 1.165) is 11.6 Å². The second kappa shape index (κ2) is 6.73. The highest BCUT2D eigenvalue weighted by Gasteiger charge is 2.15. The van der Waals surface area contributed by atoms with E-state index < -0.39 is 11.6 Å². The van der Waals surface area contributed by atoms with Crippen LogP contribution < -0.4 is 5.32 Å². The summed E-state index contributed by atoms with van der Waals surface area (Å²) in [6, 6.07) is 8.97. The van der Waals surface area contributed by atoms with E-state index in [4.69, 9.17) is 23.2 Å². The van der Waals surface area contributed by atoms with Crippen molar-refractivity contribution in [1.29, 1.82) is 0 Å². The van der Waals surface area contributed by atoms with Gasteiger partial charge in [-0.3, -0.25) is 0 Å². The molecule has 0 spiro atoms. The molecule has 0 aliphatic carbocycles. The molecule has 0 amide bonds. The van der Waals surface area contributed by atoms with Crippen LogP contribution in [0.5, 0.6) is 0 Å². The Morgan fingerprint density at radius 2 is 1.62 bits per heavy atom. The van der Waals surface area contributed by atoms with E-state index in [1.165, 1.54) is 6.07 Å². The van der Waals surface area contributed by atoms with Gasteiger partial charge < -0.3 is 5.32 Å². The third kappa shape index (κ3) is 3.94. The summed E-state index contributed by atoms with van der Waals surface area (Å²) < 4.78 is 26.2. The average Bonchev–Trinajstić information content (AvgIpc) is 2.41. The Hall–Kier alpha value is -1.16. The van der Waals surface area contributed by atoms with Crippen molar-refractivity contribution in [3.8, 4) is 0 Å². The van der Waals surface area contributed by atoms with Crippen LogP contribution in [0.4, 0.5) is 8.78 Å². The summed E-state index contributed by atoms with van der Waals surface area (Å²) in [4.78, 5) is 0. The normalized spacial score (nSPS) is 14.0. The monoisotopic (exact) mass is 329 g/mol. The smallest absolute Gasteiger partial charge is 0.159 e. The van der Waals surface area contributed by atoms with Crippen LogP contribution in [0.3, 0.4) is 0 Å². The minimum atomic E-state index is -0.849. The Morgan fingerprint density at radius 1 is 0.905 bits per heavy atom. The molecule has 0 radical (unpaired) electrons. The molecule has 2 atom stereocenters. The van der Waals surface area contributed by atoms with Crippen molar-refractivity contribution in [2.75, 3.05) is 0 Å². The Bertz CT molecular complexity index is 646. The SMILES string of the molecule is CC(NC(C)c1ccc(Cl)cc1Cl)c1ccc(F)c(F)c1. The molecule has 0 saturated heterocycles. The molecule has 2 rings (SSSR count). The summed E-state index contributed by atoms with van der Waals surface area (Å²) >= 11 is 12.0. The zero-order valence-corrected chi connectivity index (χ0v) is 13.1. The summed E-state index contributed by atoms with van der Waals surface area (Å²) in [6.07, 6.45) is 0. The minimum absolute atomic E-state index is 0.0575. The first kappa shape index (κ1) is 16.2. The fourth-order valence-electron chi connectivity index (χ4n) is 2.20. The molecule has 1 nitrogen and oxygen atoms in total. The van der Waals surface area contributed by atoms with Gasteiger partial charge in [0.15, 0.2) is 11.6 Å². The van der Waals surface area contributed by atoms with Gasteiger partial charge in [-0.25, -0.2) is 8.78 Å². The summed E-state index contributed by atoms with van der Waals surface area (Å²) in [5.41, 5.74) is 1.57. The molecule has 2 unspecified atom stereocenters. The van der Waals surface area contributed by atoms with E-state index in [1.807, 2.05) is 19.9 Å². The molecule has 112 valence electrons. The molecule has 0 bridgehead atoms. The van der Waals surface area contributed by atoms with E-state index in [1.54, 1.807) is 18.2 Å². The van der Waals surface area contributed by atoms with Crippen LogP contribution in [0.15, 0.2) is 36.4 Å². The summed E-state index contributed by atoms with van der Waals surface area (Å²) in [5, 5.41) is 4.45. The van der Waals surface area contributed by atoms with Crippen LogP contribution in [0.25, 0.3) is 0 Å². The predicted octanol–water partition coefficient (Wildman–Crippen LogP) is 5.68. The van der Waals surface area contributed by atoms with Gasteiger partial charge in [-0.1, -0.05) is 35.3 Å². The van der Waals surface area contributed by atoms with Gasteiger partial charge in [-0.15, -0.1) is 0 Å². The zero-order chi connectivity index (χ0) is 15.6. The van der Waals surface area contributed by atoms with Crippen molar-refractivity contribution in [3.63, 3.8) is 0 Å². The van der Waals surface area contributed by atoms with E-state index in [2.05, 4.69) is 5.32 Å². The highest BCUT2D eigenvalue weighted by molar-refractivity contribution is 6.35. The first-order chi connectivity index (χ1) is 9.88. The first-order valence-corrected chi connectivity index (χ1v) is 7.30. The van der Waals surface area contributed by atoms with E-state index in [9.17, 15) is 8.78 Å². The van der Waals surface area contributed by atoms with Gasteiger partial charge in [0.25, 0.3) is 0 Å². The molecule has 0 fully saturated rings. The van der Waals surface area contributed by atoms with Crippen molar-refractivity contribution >= 4 is 23.2 Å². The molecule has 2 aromatic rings. The van der Waals surface area contributed by atoms with Crippen LogP contribution in [0.1, 0.15) is 37.1 Å². The predicted molar refractivity (Wildman–Crippen MR) is 82.8 cm³/mol. The van der Waals surface area contributed by atoms with E-state index in [0.29, 0.717) is 15.6 Å². The first-order valence-electron chi connectivity index (χ1n) is 6.54. The molecular weight excluding hydrogens is 315 g/mol. The third-order valence-electron chi connectivity index (χ3n) is 3.37. The lowest BCUT2D eigenvalue weighted by Gasteiger charge is -2.22. The standard InChI is InChI=1S/C16H15Cl2F2N/c1-9(11-3-6-15(19)16(20)7-11)21-10(2)13-5-4-12(17)8-14(13)18/h3-10,21H,1-2H3. The maximum absolute atomic E-state index is 13.3. The van der Waals surface area contributed by atoms with E-state index in [-0.39, 0.29) is 12.1 Å². The topological polar surface area (TPSA) is 12.0 Å². The van der Waals surface area contributed by atoms with Crippen LogP contribution >= 0.6 is 23.2 Å². The van der Waals surface area contributed by atoms with E-state index >= 15 is 0 Å². The zero-order valence-electron chi connectivity index (χ0n) is 11.6. The number of nitrogens with one attached hydrogen (secondary N) is 1. The van der Waals surface area contributed by atoms with Crippen LogP contribution in [0.2, 0.25) is 10.0 Å². The van der Waals surface area contributed by atoms with Gasteiger partial charge in [0.2, 0.25) is 0 Å². The Morgan fingerprint density at radius 3 is 2.24 bits per heavy atom.